The van der Waals surface area contributed by atoms with E-state index in [9.17, 15) is 4.79 Å². The van der Waals surface area contributed by atoms with E-state index in [0.29, 0.717) is 17.4 Å². The summed E-state index contributed by atoms with van der Waals surface area (Å²) in [5.41, 5.74) is 7.22. The molecule has 0 bridgehead atoms. The van der Waals surface area contributed by atoms with Crippen LogP contribution < -0.4 is 15.4 Å². The molecule has 0 saturated carbocycles. The van der Waals surface area contributed by atoms with Crippen molar-refractivity contribution in [3.05, 3.63) is 18.2 Å². The van der Waals surface area contributed by atoms with Crippen molar-refractivity contribution in [1.29, 1.82) is 0 Å². The van der Waals surface area contributed by atoms with Crippen LogP contribution in [0.4, 0.5) is 11.4 Å². The van der Waals surface area contributed by atoms with Gasteiger partial charge in [-0.25, -0.2) is 0 Å². The van der Waals surface area contributed by atoms with Crippen LogP contribution in [0.3, 0.4) is 0 Å². The van der Waals surface area contributed by atoms with E-state index in [0.717, 1.165) is 18.7 Å². The third-order valence-corrected chi connectivity index (χ3v) is 3.12. The zero-order valence-corrected chi connectivity index (χ0v) is 11.1. The number of hydrogen-bond acceptors (Lipinski definition) is 3. The first kappa shape index (κ1) is 12.7. The lowest BCUT2D eigenvalue weighted by molar-refractivity contribution is -0.125. The largest absolute Gasteiger partial charge is 0.479 e. The maximum absolute atomic E-state index is 12.2. The number of nitrogens with two attached hydrogens (primary N) is 1. The molecule has 0 radical (unpaired) electrons. The molecule has 0 saturated heterocycles. The van der Waals surface area contributed by atoms with Crippen molar-refractivity contribution in [3.63, 3.8) is 0 Å². The molecule has 1 aromatic rings. The molecule has 18 heavy (non-hydrogen) atoms. The van der Waals surface area contributed by atoms with Crippen LogP contribution in [0.5, 0.6) is 5.75 Å². The van der Waals surface area contributed by atoms with Gasteiger partial charge in [-0.05, 0) is 31.4 Å². The Morgan fingerprint density at radius 2 is 2.17 bits per heavy atom. The Labute approximate surface area is 108 Å². The summed E-state index contributed by atoms with van der Waals surface area (Å²) >= 11 is 0. The summed E-state index contributed by atoms with van der Waals surface area (Å²) in [7, 11) is 0. The zero-order valence-electron chi connectivity index (χ0n) is 11.1. The normalized spacial score (nSPS) is 18.8. The van der Waals surface area contributed by atoms with Gasteiger partial charge in [0.05, 0.1) is 5.69 Å². The number of nitrogen functional groups attached to an aromatic ring is 1. The average Bonchev–Trinajstić information content (AvgIpc) is 2.29. The fourth-order valence-electron chi connectivity index (χ4n) is 2.05. The van der Waals surface area contributed by atoms with Gasteiger partial charge in [-0.15, -0.1) is 0 Å². The number of fused-ring (bicyclic) bond motifs is 1. The molecule has 1 unspecified atom stereocenters. The average molecular weight is 248 g/mol. The van der Waals surface area contributed by atoms with Gasteiger partial charge in [0.2, 0.25) is 0 Å². The molecule has 1 heterocycles. The van der Waals surface area contributed by atoms with Gasteiger partial charge in [0.25, 0.3) is 5.91 Å². The number of ether oxygens (including phenoxy) is 1. The van der Waals surface area contributed by atoms with E-state index in [1.54, 1.807) is 19.1 Å². The standard InChI is InChI=1S/C14H20N2O2/c1-9(2)6-7-16-12-5-4-11(15)8-13(12)18-10(3)14(16)17/h4-5,8-10H,6-7,15H2,1-3H3. The van der Waals surface area contributed by atoms with Crippen LogP contribution in [-0.4, -0.2) is 18.6 Å². The van der Waals surface area contributed by atoms with Crippen molar-refractivity contribution < 1.29 is 9.53 Å². The smallest absolute Gasteiger partial charge is 0.267 e. The third kappa shape index (κ3) is 2.42. The Bertz CT molecular complexity index is 457. The first-order chi connectivity index (χ1) is 8.49. The van der Waals surface area contributed by atoms with E-state index in [2.05, 4.69) is 13.8 Å². The Hall–Kier alpha value is -1.71. The predicted molar refractivity (Wildman–Crippen MR) is 72.8 cm³/mol. The Kier molecular flexibility index (Phi) is 3.45. The van der Waals surface area contributed by atoms with Crippen molar-refractivity contribution in [2.45, 2.75) is 33.3 Å². The molecule has 4 nitrogen and oxygen atoms in total. The second-order valence-electron chi connectivity index (χ2n) is 5.16. The van der Waals surface area contributed by atoms with E-state index in [1.165, 1.54) is 0 Å². The van der Waals surface area contributed by atoms with Crippen molar-refractivity contribution in [2.75, 3.05) is 17.2 Å². The monoisotopic (exact) mass is 248 g/mol. The number of rotatable bonds is 3. The van der Waals surface area contributed by atoms with Crippen LogP contribution >= 0.6 is 0 Å². The highest BCUT2D eigenvalue weighted by molar-refractivity contribution is 6.00. The van der Waals surface area contributed by atoms with Crippen molar-refractivity contribution in [3.8, 4) is 5.75 Å². The maximum Gasteiger partial charge on any atom is 0.267 e. The first-order valence-corrected chi connectivity index (χ1v) is 6.36. The van der Waals surface area contributed by atoms with Crippen LogP contribution in [0.15, 0.2) is 18.2 Å². The second-order valence-corrected chi connectivity index (χ2v) is 5.16. The summed E-state index contributed by atoms with van der Waals surface area (Å²) in [6.45, 7) is 6.80. The molecule has 0 aromatic heterocycles. The molecule has 0 fully saturated rings. The van der Waals surface area contributed by atoms with Crippen molar-refractivity contribution in [1.82, 2.24) is 0 Å². The molecule has 1 aromatic carbocycles. The molecule has 0 spiro atoms. The van der Waals surface area contributed by atoms with Crippen LogP contribution in [0.25, 0.3) is 0 Å². The Morgan fingerprint density at radius 1 is 1.44 bits per heavy atom. The van der Waals surface area contributed by atoms with Gasteiger partial charge in [0.15, 0.2) is 6.10 Å². The summed E-state index contributed by atoms with van der Waals surface area (Å²) in [5, 5.41) is 0. The zero-order chi connectivity index (χ0) is 13.3. The fourth-order valence-corrected chi connectivity index (χ4v) is 2.05. The molecular weight excluding hydrogens is 228 g/mol. The van der Waals surface area contributed by atoms with E-state index >= 15 is 0 Å². The number of hydrogen-bond donors (Lipinski definition) is 1. The lowest BCUT2D eigenvalue weighted by Crippen LogP contribution is -2.45. The van der Waals surface area contributed by atoms with Gasteiger partial charge in [-0.2, -0.15) is 0 Å². The molecule has 1 atom stereocenters. The Morgan fingerprint density at radius 3 is 2.83 bits per heavy atom. The summed E-state index contributed by atoms with van der Waals surface area (Å²) in [6, 6.07) is 5.43. The van der Waals surface area contributed by atoms with Gasteiger partial charge in [-0.3, -0.25) is 4.79 Å². The summed E-state index contributed by atoms with van der Waals surface area (Å²) in [4.78, 5) is 14.0. The first-order valence-electron chi connectivity index (χ1n) is 6.36. The van der Waals surface area contributed by atoms with E-state index in [-0.39, 0.29) is 5.91 Å². The molecule has 98 valence electrons. The molecular formula is C14H20N2O2. The van der Waals surface area contributed by atoms with Crippen LogP contribution in [0.1, 0.15) is 27.2 Å². The number of anilines is 2. The lowest BCUT2D eigenvalue weighted by atomic mass is 10.1. The predicted octanol–water partition coefficient (Wildman–Crippen LogP) is 2.43. The number of nitrogens with zero attached hydrogens (tertiary/aromatic N) is 1. The summed E-state index contributed by atoms with van der Waals surface area (Å²) in [6.07, 6.45) is 0.536. The number of carbonyl (C=O) groups excluding carboxylic acids is 1. The van der Waals surface area contributed by atoms with Gasteiger partial charge in [0, 0.05) is 18.3 Å². The highest BCUT2D eigenvalue weighted by atomic mass is 16.5. The minimum Gasteiger partial charge on any atom is -0.479 e. The van der Waals surface area contributed by atoms with Gasteiger partial charge >= 0.3 is 0 Å². The number of carbonyl (C=O) groups is 1. The minimum absolute atomic E-state index is 0.0212. The molecule has 0 aliphatic carbocycles. The highest BCUT2D eigenvalue weighted by Gasteiger charge is 2.31. The van der Waals surface area contributed by atoms with Crippen molar-refractivity contribution in [2.24, 2.45) is 5.92 Å². The quantitative estimate of drug-likeness (QED) is 0.836. The summed E-state index contributed by atoms with van der Waals surface area (Å²) in [5.74, 6) is 1.28. The molecule has 1 aliphatic rings. The molecule has 4 heteroatoms. The molecule has 1 amide bonds. The number of amides is 1. The second kappa shape index (κ2) is 4.88. The number of benzene rings is 1. The van der Waals surface area contributed by atoms with Gasteiger partial charge in [-0.1, -0.05) is 13.8 Å². The Balaban J connectivity index is 2.30. The van der Waals surface area contributed by atoms with Crippen LogP contribution in [0, 0.1) is 5.92 Å². The lowest BCUT2D eigenvalue weighted by Gasteiger charge is -2.33. The van der Waals surface area contributed by atoms with E-state index in [1.807, 2.05) is 11.0 Å². The van der Waals surface area contributed by atoms with Crippen molar-refractivity contribution >= 4 is 17.3 Å². The van der Waals surface area contributed by atoms with Gasteiger partial charge in [0.1, 0.15) is 5.75 Å². The van der Waals surface area contributed by atoms with E-state index < -0.39 is 6.10 Å². The van der Waals surface area contributed by atoms with Crippen LogP contribution in [0.2, 0.25) is 0 Å². The molecule has 2 N–H and O–H groups in total. The maximum atomic E-state index is 12.2. The van der Waals surface area contributed by atoms with Crippen LogP contribution in [-0.2, 0) is 4.79 Å². The minimum atomic E-state index is -0.438. The molecule has 1 aliphatic heterocycles. The SMILES string of the molecule is CC(C)CCN1C(=O)C(C)Oc2cc(N)ccc21. The highest BCUT2D eigenvalue weighted by Crippen LogP contribution is 2.35. The summed E-state index contributed by atoms with van der Waals surface area (Å²) < 4.78 is 5.59. The van der Waals surface area contributed by atoms with Gasteiger partial charge < -0.3 is 15.4 Å². The fraction of sp³-hybridized carbons (Fsp3) is 0.500. The topological polar surface area (TPSA) is 55.6 Å². The third-order valence-electron chi connectivity index (χ3n) is 3.12. The molecule has 2 rings (SSSR count). The van der Waals surface area contributed by atoms with E-state index in [4.69, 9.17) is 10.5 Å².